The highest BCUT2D eigenvalue weighted by Crippen LogP contribution is 2.45. The first-order valence-electron chi connectivity index (χ1n) is 9.41. The maximum Gasteiger partial charge on any atom is 0.418 e. The van der Waals surface area contributed by atoms with Crippen LogP contribution in [0.2, 0.25) is 5.02 Å². The molecule has 1 heterocycles. The lowest BCUT2D eigenvalue weighted by Gasteiger charge is -2.36. The summed E-state index contributed by atoms with van der Waals surface area (Å²) in [7, 11) is 0. The van der Waals surface area contributed by atoms with Gasteiger partial charge in [-0.05, 0) is 53.9 Å². The number of nitrogens with zero attached hydrogens (tertiary/aromatic N) is 2. The summed E-state index contributed by atoms with van der Waals surface area (Å²) in [4.78, 5) is 4.52. The topological polar surface area (TPSA) is 36.7 Å². The lowest BCUT2D eigenvalue weighted by molar-refractivity contribution is -0.139. The van der Waals surface area contributed by atoms with E-state index in [1.807, 2.05) is 32.9 Å². The molecule has 0 bridgehead atoms. The normalized spacial score (nSPS) is 17.0. The predicted molar refractivity (Wildman–Crippen MR) is 110 cm³/mol. The van der Waals surface area contributed by atoms with Gasteiger partial charge in [0.1, 0.15) is 11.1 Å². The Morgan fingerprint density at radius 3 is 2.41 bits per heavy atom. The number of fused-ring (bicyclic) bond motifs is 1. The first kappa shape index (κ1) is 22.0. The van der Waals surface area contributed by atoms with E-state index in [4.69, 9.17) is 11.6 Å². The molecule has 0 saturated heterocycles. The van der Waals surface area contributed by atoms with Gasteiger partial charge >= 0.3 is 6.18 Å². The van der Waals surface area contributed by atoms with Gasteiger partial charge in [-0.25, -0.2) is 4.98 Å². The fourth-order valence-corrected chi connectivity index (χ4v) is 4.82. The molecule has 2 aromatic rings. The number of alkyl halides is 3. The molecule has 3 rings (SSSR count). The zero-order valence-corrected chi connectivity index (χ0v) is 18.1. The van der Waals surface area contributed by atoms with E-state index < -0.39 is 11.7 Å². The van der Waals surface area contributed by atoms with Crippen LogP contribution >= 0.6 is 23.4 Å². The average molecular weight is 439 g/mol. The summed E-state index contributed by atoms with van der Waals surface area (Å²) >= 11 is 7.05. The quantitative estimate of drug-likeness (QED) is 0.481. The number of hydrogen-bond acceptors (Lipinski definition) is 3. The van der Waals surface area contributed by atoms with Crippen molar-refractivity contribution in [1.82, 2.24) is 4.98 Å². The monoisotopic (exact) mass is 438 g/mol. The van der Waals surface area contributed by atoms with Crippen LogP contribution < -0.4 is 0 Å². The van der Waals surface area contributed by atoms with Crippen LogP contribution in [-0.2, 0) is 24.8 Å². The Balaban J connectivity index is 2.03. The highest BCUT2D eigenvalue weighted by molar-refractivity contribution is 7.98. The maximum atomic E-state index is 14.0. The second-order valence-corrected chi connectivity index (χ2v) is 9.82. The Labute approximate surface area is 178 Å². The lowest BCUT2D eigenvalue weighted by atomic mass is 9.70. The molecule has 0 amide bonds. The Morgan fingerprint density at radius 2 is 1.86 bits per heavy atom. The number of aryl methyl sites for hydroxylation is 1. The smallest absolute Gasteiger partial charge is 0.245 e. The minimum atomic E-state index is -4.59. The van der Waals surface area contributed by atoms with Gasteiger partial charge in [0.25, 0.3) is 0 Å². The van der Waals surface area contributed by atoms with Gasteiger partial charge in [-0.15, -0.1) is 11.8 Å². The van der Waals surface area contributed by atoms with Crippen molar-refractivity contribution in [1.29, 1.82) is 5.26 Å². The summed E-state index contributed by atoms with van der Waals surface area (Å²) in [6.07, 6.45) is -2.99. The van der Waals surface area contributed by atoms with E-state index in [0.29, 0.717) is 29.3 Å². The zero-order chi connectivity index (χ0) is 21.4. The van der Waals surface area contributed by atoms with Gasteiger partial charge in [0.15, 0.2) is 0 Å². The summed E-state index contributed by atoms with van der Waals surface area (Å²) in [5, 5.41) is 10.4. The average Bonchev–Trinajstić information content (AvgIpc) is 2.64. The van der Waals surface area contributed by atoms with Crippen molar-refractivity contribution < 1.29 is 13.2 Å². The summed E-state index contributed by atoms with van der Waals surface area (Å²) < 4.78 is 42.1. The molecule has 0 saturated carbocycles. The minimum Gasteiger partial charge on any atom is -0.245 e. The van der Waals surface area contributed by atoms with Crippen molar-refractivity contribution in [3.63, 3.8) is 0 Å². The number of benzene rings is 1. The molecule has 1 unspecified atom stereocenters. The number of halogens is 4. The third kappa shape index (κ3) is 4.90. The van der Waals surface area contributed by atoms with Crippen LogP contribution in [0.25, 0.3) is 0 Å². The fourth-order valence-electron chi connectivity index (χ4n) is 3.73. The highest BCUT2D eigenvalue weighted by atomic mass is 35.5. The van der Waals surface area contributed by atoms with Gasteiger partial charge in [0.2, 0.25) is 0 Å². The van der Waals surface area contributed by atoms with Crippen molar-refractivity contribution in [2.75, 3.05) is 0 Å². The van der Waals surface area contributed by atoms with E-state index in [1.165, 1.54) is 0 Å². The van der Waals surface area contributed by atoms with Gasteiger partial charge in [0, 0.05) is 16.5 Å². The first-order valence-corrected chi connectivity index (χ1v) is 10.8. The van der Waals surface area contributed by atoms with E-state index in [2.05, 4.69) is 4.98 Å². The third-order valence-corrected chi connectivity index (χ3v) is 6.74. The van der Waals surface area contributed by atoms with Gasteiger partial charge in [-0.1, -0.05) is 44.5 Å². The van der Waals surface area contributed by atoms with Crippen LogP contribution in [-0.4, -0.2) is 4.98 Å². The fraction of sp³-hybridized carbons (Fsp3) is 0.455. The summed E-state index contributed by atoms with van der Waals surface area (Å²) in [5.74, 6) is 0.538. The molecule has 0 aliphatic heterocycles. The number of pyridine rings is 1. The van der Waals surface area contributed by atoms with Gasteiger partial charge in [-0.2, -0.15) is 18.4 Å². The van der Waals surface area contributed by atoms with Crippen molar-refractivity contribution in [3.8, 4) is 6.07 Å². The van der Waals surface area contributed by atoms with Gasteiger partial charge in [0.05, 0.1) is 11.1 Å². The number of thioether (sulfide) groups is 1. The molecule has 0 radical (unpaired) electrons. The molecule has 1 aromatic carbocycles. The molecular formula is C22H22ClF3N2S. The van der Waals surface area contributed by atoms with E-state index in [1.54, 1.807) is 18.2 Å². The number of nitriles is 1. The van der Waals surface area contributed by atoms with Gasteiger partial charge in [-0.3, -0.25) is 0 Å². The second kappa shape index (κ2) is 8.20. The SMILES string of the molecule is CC(C)(C)C1CCc2nc(SCc3ccc(Cl)cc3)c(C#N)c(C(F)(F)F)c2C1. The predicted octanol–water partition coefficient (Wildman–Crippen LogP) is 7.07. The number of hydrogen-bond donors (Lipinski definition) is 0. The Hall–Kier alpha value is -1.71. The van der Waals surface area contributed by atoms with E-state index in [-0.39, 0.29) is 27.5 Å². The van der Waals surface area contributed by atoms with Crippen molar-refractivity contribution in [3.05, 3.63) is 57.2 Å². The number of rotatable bonds is 3. The molecule has 154 valence electrons. The first-order chi connectivity index (χ1) is 13.5. The Kier molecular flexibility index (Phi) is 6.21. The molecule has 7 heteroatoms. The van der Waals surface area contributed by atoms with Crippen LogP contribution in [0.1, 0.15) is 55.1 Å². The molecule has 0 spiro atoms. The lowest BCUT2D eigenvalue weighted by Crippen LogP contribution is -2.30. The molecule has 29 heavy (non-hydrogen) atoms. The molecule has 1 aliphatic rings. The minimum absolute atomic E-state index is 0.102. The summed E-state index contributed by atoms with van der Waals surface area (Å²) in [6, 6.07) is 8.90. The Morgan fingerprint density at radius 1 is 1.21 bits per heavy atom. The molecule has 1 aromatic heterocycles. The van der Waals surface area contributed by atoms with Gasteiger partial charge < -0.3 is 0 Å². The van der Waals surface area contributed by atoms with Crippen LogP contribution in [0, 0.1) is 22.7 Å². The van der Waals surface area contributed by atoms with Crippen LogP contribution in [0.3, 0.4) is 0 Å². The standard InChI is InChI=1S/C22H22ClF3N2S/c1-21(2,3)14-6-9-18-16(10-14)19(22(24,25)26)17(11-27)20(28-18)29-12-13-4-7-15(23)8-5-13/h4-5,7-8,14H,6,9-10,12H2,1-3H3. The molecule has 2 nitrogen and oxygen atoms in total. The Bertz CT molecular complexity index is 941. The van der Waals surface area contributed by atoms with E-state index in [9.17, 15) is 18.4 Å². The summed E-state index contributed by atoms with van der Waals surface area (Å²) in [6.45, 7) is 6.14. The van der Waals surface area contributed by atoms with Crippen molar-refractivity contribution >= 4 is 23.4 Å². The van der Waals surface area contributed by atoms with E-state index in [0.717, 1.165) is 23.7 Å². The van der Waals surface area contributed by atoms with E-state index >= 15 is 0 Å². The third-order valence-electron chi connectivity index (χ3n) is 5.44. The van der Waals surface area contributed by atoms with Crippen molar-refractivity contribution in [2.45, 2.75) is 57.0 Å². The summed E-state index contributed by atoms with van der Waals surface area (Å²) in [5.41, 5.74) is 0.341. The van der Waals surface area contributed by atoms with Crippen LogP contribution in [0.5, 0.6) is 0 Å². The van der Waals surface area contributed by atoms with Crippen LogP contribution in [0.15, 0.2) is 29.3 Å². The largest absolute Gasteiger partial charge is 0.418 e. The van der Waals surface area contributed by atoms with Crippen LogP contribution in [0.4, 0.5) is 13.2 Å². The highest BCUT2D eigenvalue weighted by Gasteiger charge is 2.42. The molecule has 0 N–H and O–H groups in total. The zero-order valence-electron chi connectivity index (χ0n) is 16.5. The maximum absolute atomic E-state index is 14.0. The number of aromatic nitrogens is 1. The van der Waals surface area contributed by atoms with Crippen molar-refractivity contribution in [2.24, 2.45) is 11.3 Å². The molecule has 1 aliphatic carbocycles. The molecular weight excluding hydrogens is 417 g/mol. The molecule has 0 fully saturated rings. The second-order valence-electron chi connectivity index (χ2n) is 8.42. The molecule has 1 atom stereocenters.